The van der Waals surface area contributed by atoms with Gasteiger partial charge in [-0.05, 0) is 29.7 Å². The number of nitrogens with zero attached hydrogens (tertiary/aromatic N) is 3. The number of benzene rings is 2. The van der Waals surface area contributed by atoms with E-state index < -0.39 is 0 Å². The van der Waals surface area contributed by atoms with E-state index in [1.807, 2.05) is 61.6 Å². The van der Waals surface area contributed by atoms with Crippen LogP contribution >= 0.6 is 0 Å². The van der Waals surface area contributed by atoms with E-state index in [4.69, 9.17) is 0 Å². The predicted molar refractivity (Wildman–Crippen MR) is 125 cm³/mol. The van der Waals surface area contributed by atoms with Gasteiger partial charge in [-0.15, -0.1) is 0 Å². The van der Waals surface area contributed by atoms with Crippen LogP contribution in [0.2, 0.25) is 0 Å². The van der Waals surface area contributed by atoms with Crippen LogP contribution in [0.3, 0.4) is 0 Å². The van der Waals surface area contributed by atoms with Crippen LogP contribution in [0.4, 0.5) is 0 Å². The number of hydrogen-bond donors (Lipinski definition) is 2. The molecule has 0 saturated heterocycles. The first-order valence-corrected chi connectivity index (χ1v) is 10.4. The van der Waals surface area contributed by atoms with E-state index in [9.17, 15) is 9.59 Å². The predicted octanol–water partition coefficient (Wildman–Crippen LogP) is 2.14. The van der Waals surface area contributed by atoms with E-state index in [1.165, 1.54) is 0 Å². The van der Waals surface area contributed by atoms with Gasteiger partial charge in [0.15, 0.2) is 5.96 Å². The summed E-state index contributed by atoms with van der Waals surface area (Å²) in [6.07, 6.45) is 1.15. The van der Waals surface area contributed by atoms with Crippen molar-refractivity contribution in [3.8, 4) is 0 Å². The second kappa shape index (κ2) is 12.4. The molecule has 0 aliphatic rings. The topological polar surface area (TPSA) is 77.0 Å². The Morgan fingerprint density at radius 3 is 2.26 bits per heavy atom. The fraction of sp³-hybridized carbons (Fsp3) is 0.375. The monoisotopic (exact) mass is 423 g/mol. The summed E-state index contributed by atoms with van der Waals surface area (Å²) >= 11 is 0. The Morgan fingerprint density at radius 2 is 1.58 bits per heavy atom. The van der Waals surface area contributed by atoms with Crippen LogP contribution in [0.15, 0.2) is 59.6 Å². The molecule has 2 N–H and O–H groups in total. The highest BCUT2D eigenvalue weighted by Crippen LogP contribution is 2.08. The Hall–Kier alpha value is -3.35. The lowest BCUT2D eigenvalue weighted by atomic mass is 10.1. The molecule has 2 rings (SSSR count). The van der Waals surface area contributed by atoms with Crippen LogP contribution in [0.1, 0.15) is 27.9 Å². The Labute approximate surface area is 185 Å². The fourth-order valence-corrected chi connectivity index (χ4v) is 3.09. The molecule has 0 saturated carbocycles. The van der Waals surface area contributed by atoms with Crippen molar-refractivity contribution in [3.05, 3.63) is 71.3 Å². The van der Waals surface area contributed by atoms with Gasteiger partial charge in [0, 0.05) is 59.8 Å². The van der Waals surface area contributed by atoms with Gasteiger partial charge in [0.05, 0.1) is 0 Å². The van der Waals surface area contributed by atoms with Crippen molar-refractivity contribution in [2.75, 3.05) is 41.3 Å². The number of carbonyl (C=O) groups excluding carboxylic acids is 2. The average molecular weight is 424 g/mol. The lowest BCUT2D eigenvalue weighted by Crippen LogP contribution is -2.40. The fourth-order valence-electron chi connectivity index (χ4n) is 3.09. The molecule has 0 aromatic heterocycles. The van der Waals surface area contributed by atoms with Gasteiger partial charge in [-0.2, -0.15) is 0 Å². The molecule has 2 aromatic carbocycles. The van der Waals surface area contributed by atoms with Crippen LogP contribution in [0, 0.1) is 0 Å². The zero-order chi connectivity index (χ0) is 22.6. The summed E-state index contributed by atoms with van der Waals surface area (Å²) < 4.78 is 0. The number of aliphatic imine (C=N–C) groups is 1. The van der Waals surface area contributed by atoms with E-state index in [0.29, 0.717) is 37.6 Å². The highest BCUT2D eigenvalue weighted by atomic mass is 16.2. The molecule has 2 aromatic rings. The van der Waals surface area contributed by atoms with E-state index in [1.54, 1.807) is 30.9 Å². The quantitative estimate of drug-likeness (QED) is 0.479. The van der Waals surface area contributed by atoms with Crippen LogP contribution < -0.4 is 10.6 Å². The molecule has 2 amide bonds. The summed E-state index contributed by atoms with van der Waals surface area (Å²) in [4.78, 5) is 32.0. The second-order valence-corrected chi connectivity index (χ2v) is 7.56. The summed E-state index contributed by atoms with van der Waals surface area (Å²) in [5.41, 5.74) is 2.87. The Balaban J connectivity index is 1.72. The normalized spacial score (nSPS) is 11.0. The molecular formula is C24H33N5O2. The number of rotatable bonds is 9. The lowest BCUT2D eigenvalue weighted by Gasteiger charge is -2.18. The van der Waals surface area contributed by atoms with Gasteiger partial charge < -0.3 is 20.4 Å². The average Bonchev–Trinajstić information content (AvgIpc) is 2.78. The molecule has 31 heavy (non-hydrogen) atoms. The number of amides is 2. The first-order valence-electron chi connectivity index (χ1n) is 10.4. The van der Waals surface area contributed by atoms with Crippen LogP contribution in [0.5, 0.6) is 0 Å². The number of nitrogens with one attached hydrogen (secondary N) is 2. The van der Waals surface area contributed by atoms with Crippen molar-refractivity contribution in [1.82, 2.24) is 20.4 Å². The van der Waals surface area contributed by atoms with Crippen molar-refractivity contribution < 1.29 is 9.59 Å². The van der Waals surface area contributed by atoms with Gasteiger partial charge in [-0.25, -0.2) is 0 Å². The number of hydrogen-bond acceptors (Lipinski definition) is 3. The minimum atomic E-state index is -0.00538. The second-order valence-electron chi connectivity index (χ2n) is 7.56. The van der Waals surface area contributed by atoms with Crippen molar-refractivity contribution in [2.45, 2.75) is 19.4 Å². The zero-order valence-electron chi connectivity index (χ0n) is 18.9. The first-order chi connectivity index (χ1) is 14.9. The van der Waals surface area contributed by atoms with Gasteiger partial charge in [0.2, 0.25) is 5.91 Å². The molecule has 166 valence electrons. The largest absolute Gasteiger partial charge is 0.356 e. The molecule has 0 aliphatic heterocycles. The molecule has 0 fully saturated rings. The lowest BCUT2D eigenvalue weighted by molar-refractivity contribution is -0.130. The molecule has 0 heterocycles. The van der Waals surface area contributed by atoms with Gasteiger partial charge in [-0.3, -0.25) is 14.6 Å². The summed E-state index contributed by atoms with van der Waals surface area (Å²) in [5, 5.41) is 6.43. The Morgan fingerprint density at radius 1 is 0.903 bits per heavy atom. The highest BCUT2D eigenvalue weighted by molar-refractivity contribution is 5.94. The molecular weight excluding hydrogens is 390 g/mol. The summed E-state index contributed by atoms with van der Waals surface area (Å²) in [7, 11) is 7.01. The first kappa shape index (κ1) is 23.9. The molecule has 0 atom stereocenters. The minimum absolute atomic E-state index is 0.00538. The van der Waals surface area contributed by atoms with E-state index in [0.717, 1.165) is 17.5 Å². The van der Waals surface area contributed by atoms with Crippen molar-refractivity contribution >= 4 is 17.8 Å². The molecule has 7 heteroatoms. The maximum absolute atomic E-state index is 12.3. The zero-order valence-corrected chi connectivity index (χ0v) is 18.9. The highest BCUT2D eigenvalue weighted by Gasteiger charge is 2.10. The standard InChI is InChI=1S/C24H33N5O2/c1-25-24(26-15-13-19-11-8-12-21(17-19)23(31)28(2)3)27-16-14-22(30)29(4)18-20-9-6-5-7-10-20/h5-12,17H,13-16,18H2,1-4H3,(H2,25,26,27). The maximum Gasteiger partial charge on any atom is 0.253 e. The molecule has 0 radical (unpaired) electrons. The van der Waals surface area contributed by atoms with E-state index in [2.05, 4.69) is 15.6 Å². The SMILES string of the molecule is CN=C(NCCC(=O)N(C)Cc1ccccc1)NCCc1cccc(C(=O)N(C)C)c1. The molecule has 0 unspecified atom stereocenters. The van der Waals surface area contributed by atoms with Crippen LogP contribution in [-0.2, 0) is 17.8 Å². The van der Waals surface area contributed by atoms with E-state index in [-0.39, 0.29) is 11.8 Å². The third-order valence-corrected chi connectivity index (χ3v) is 4.83. The molecule has 7 nitrogen and oxygen atoms in total. The molecule has 0 aliphatic carbocycles. The van der Waals surface area contributed by atoms with Crippen molar-refractivity contribution in [3.63, 3.8) is 0 Å². The van der Waals surface area contributed by atoms with E-state index >= 15 is 0 Å². The van der Waals surface area contributed by atoms with Crippen molar-refractivity contribution in [2.24, 2.45) is 4.99 Å². The number of guanidine groups is 1. The molecule has 0 bridgehead atoms. The van der Waals surface area contributed by atoms with Gasteiger partial charge >= 0.3 is 0 Å². The third kappa shape index (κ3) is 8.12. The van der Waals surface area contributed by atoms with Crippen LogP contribution in [0.25, 0.3) is 0 Å². The smallest absolute Gasteiger partial charge is 0.253 e. The maximum atomic E-state index is 12.3. The summed E-state index contributed by atoms with van der Waals surface area (Å²) in [6.45, 7) is 1.77. The van der Waals surface area contributed by atoms with Crippen LogP contribution in [-0.4, -0.2) is 68.9 Å². The van der Waals surface area contributed by atoms with Gasteiger partial charge in [0.25, 0.3) is 5.91 Å². The molecule has 0 spiro atoms. The minimum Gasteiger partial charge on any atom is -0.356 e. The summed E-state index contributed by atoms with van der Waals surface area (Å²) in [5.74, 6) is 0.724. The van der Waals surface area contributed by atoms with Gasteiger partial charge in [-0.1, -0.05) is 42.5 Å². The summed E-state index contributed by atoms with van der Waals surface area (Å²) in [6, 6.07) is 17.6. The van der Waals surface area contributed by atoms with Crippen molar-refractivity contribution in [1.29, 1.82) is 0 Å². The van der Waals surface area contributed by atoms with Gasteiger partial charge in [0.1, 0.15) is 0 Å². The number of carbonyl (C=O) groups is 2. The third-order valence-electron chi connectivity index (χ3n) is 4.83. The Bertz CT molecular complexity index is 881. The Kier molecular flexibility index (Phi) is 9.55.